The van der Waals surface area contributed by atoms with Gasteiger partial charge in [0.25, 0.3) is 15.9 Å². The number of benzene rings is 3. The van der Waals surface area contributed by atoms with Crippen molar-refractivity contribution in [2.75, 3.05) is 11.8 Å². The van der Waals surface area contributed by atoms with Crippen LogP contribution in [0.1, 0.15) is 22.3 Å². The molecule has 0 aliphatic rings. The van der Waals surface area contributed by atoms with E-state index in [2.05, 4.69) is 15.6 Å². The summed E-state index contributed by atoms with van der Waals surface area (Å²) in [7, 11) is -2.40. The number of carbonyl (C=O) groups is 2. The molecule has 0 radical (unpaired) electrons. The van der Waals surface area contributed by atoms with Gasteiger partial charge in [0, 0.05) is 17.7 Å². The van der Waals surface area contributed by atoms with E-state index in [0.29, 0.717) is 17.9 Å². The molecular weight excluding hydrogens is 430 g/mol. The summed E-state index contributed by atoms with van der Waals surface area (Å²) in [5.41, 5.74) is 6.11. The summed E-state index contributed by atoms with van der Waals surface area (Å²) in [6.45, 7) is 0. The molecule has 0 saturated heterocycles. The van der Waals surface area contributed by atoms with Crippen molar-refractivity contribution in [3.8, 4) is 5.75 Å². The normalized spacial score (nSPS) is 10.8. The number of sulfonamides is 1. The Labute approximate surface area is 186 Å². The van der Waals surface area contributed by atoms with Gasteiger partial charge in [-0.15, -0.1) is 0 Å². The first-order valence-electron chi connectivity index (χ1n) is 9.77. The number of amides is 2. The summed E-state index contributed by atoms with van der Waals surface area (Å²) in [6, 6.07) is 21.4. The standard InChI is InChI=1S/C23H23N3O5S/c1-31-20-13-11-19(12-14-20)26-32(29,30)21-9-5-8-18(16-21)23(28)25-24-22(27)15-10-17-6-3-2-4-7-17/h2-9,11-14,16,26H,10,15H2,1H3,(H,24,27)(H,25,28). The van der Waals surface area contributed by atoms with Crippen LogP contribution in [0.4, 0.5) is 5.69 Å². The predicted molar refractivity (Wildman–Crippen MR) is 121 cm³/mol. The molecule has 0 aliphatic carbocycles. The Morgan fingerprint density at radius 1 is 0.875 bits per heavy atom. The molecule has 8 nitrogen and oxygen atoms in total. The highest BCUT2D eigenvalue weighted by molar-refractivity contribution is 7.92. The van der Waals surface area contributed by atoms with Gasteiger partial charge in [0.2, 0.25) is 5.91 Å². The molecule has 0 saturated carbocycles. The van der Waals surface area contributed by atoms with Gasteiger partial charge in [-0.2, -0.15) is 0 Å². The van der Waals surface area contributed by atoms with E-state index in [1.54, 1.807) is 24.3 Å². The van der Waals surface area contributed by atoms with Crippen LogP contribution < -0.4 is 20.3 Å². The number of hydrazine groups is 1. The summed E-state index contributed by atoms with van der Waals surface area (Å²) >= 11 is 0. The van der Waals surface area contributed by atoms with Gasteiger partial charge in [0.15, 0.2) is 0 Å². The zero-order valence-corrected chi connectivity index (χ0v) is 18.2. The number of nitrogens with one attached hydrogen (secondary N) is 3. The minimum Gasteiger partial charge on any atom is -0.497 e. The van der Waals surface area contributed by atoms with Gasteiger partial charge in [-0.3, -0.25) is 25.2 Å². The first-order valence-corrected chi connectivity index (χ1v) is 11.3. The minimum absolute atomic E-state index is 0.0867. The fraction of sp³-hybridized carbons (Fsp3) is 0.130. The lowest BCUT2D eigenvalue weighted by molar-refractivity contribution is -0.121. The number of rotatable bonds is 8. The highest BCUT2D eigenvalue weighted by atomic mass is 32.2. The van der Waals surface area contributed by atoms with Crippen molar-refractivity contribution in [2.45, 2.75) is 17.7 Å². The van der Waals surface area contributed by atoms with Crippen molar-refractivity contribution in [2.24, 2.45) is 0 Å². The summed E-state index contributed by atoms with van der Waals surface area (Å²) in [4.78, 5) is 24.3. The fourth-order valence-corrected chi connectivity index (χ4v) is 3.95. The molecular formula is C23H23N3O5S. The Bertz CT molecular complexity index is 1180. The van der Waals surface area contributed by atoms with Gasteiger partial charge in [0.05, 0.1) is 12.0 Å². The van der Waals surface area contributed by atoms with Gasteiger partial charge in [-0.25, -0.2) is 8.42 Å². The monoisotopic (exact) mass is 453 g/mol. The van der Waals surface area contributed by atoms with E-state index in [0.717, 1.165) is 5.56 Å². The van der Waals surface area contributed by atoms with Crippen molar-refractivity contribution < 1.29 is 22.7 Å². The Balaban J connectivity index is 1.59. The van der Waals surface area contributed by atoms with E-state index in [1.165, 1.54) is 31.4 Å². The zero-order chi connectivity index (χ0) is 23.0. The molecule has 3 aromatic carbocycles. The molecule has 0 aliphatic heterocycles. The van der Waals surface area contributed by atoms with Gasteiger partial charge >= 0.3 is 0 Å². The maximum atomic E-state index is 12.7. The van der Waals surface area contributed by atoms with Crippen molar-refractivity contribution in [1.29, 1.82) is 0 Å². The molecule has 3 aromatic rings. The molecule has 32 heavy (non-hydrogen) atoms. The van der Waals surface area contributed by atoms with Gasteiger partial charge in [0.1, 0.15) is 5.75 Å². The van der Waals surface area contributed by atoms with Gasteiger partial charge in [-0.05, 0) is 54.4 Å². The lowest BCUT2D eigenvalue weighted by atomic mass is 10.1. The minimum atomic E-state index is -3.92. The highest BCUT2D eigenvalue weighted by Gasteiger charge is 2.17. The largest absolute Gasteiger partial charge is 0.497 e. The Hall–Kier alpha value is -3.85. The third kappa shape index (κ3) is 6.32. The number of carbonyl (C=O) groups excluding carboxylic acids is 2. The first-order chi connectivity index (χ1) is 15.4. The number of methoxy groups -OCH3 is 1. The van der Waals surface area contributed by atoms with E-state index in [-0.39, 0.29) is 22.8 Å². The van der Waals surface area contributed by atoms with Crippen molar-refractivity contribution in [3.05, 3.63) is 90.0 Å². The van der Waals surface area contributed by atoms with E-state index in [4.69, 9.17) is 4.74 Å². The number of aryl methyl sites for hydroxylation is 1. The van der Waals surface area contributed by atoms with Crippen LogP contribution in [0.2, 0.25) is 0 Å². The molecule has 0 aromatic heterocycles. The highest BCUT2D eigenvalue weighted by Crippen LogP contribution is 2.20. The SMILES string of the molecule is COc1ccc(NS(=O)(=O)c2cccc(C(=O)NNC(=O)CCc3ccccc3)c2)cc1. The molecule has 166 valence electrons. The second-order valence-corrected chi connectivity index (χ2v) is 8.53. The quantitative estimate of drug-likeness (QED) is 0.454. The van der Waals surface area contributed by atoms with Crippen LogP contribution in [-0.2, 0) is 21.2 Å². The Morgan fingerprint density at radius 3 is 2.28 bits per heavy atom. The predicted octanol–water partition coefficient (Wildman–Crippen LogP) is 2.89. The summed E-state index contributed by atoms with van der Waals surface area (Å²) < 4.78 is 32.8. The first kappa shape index (κ1) is 22.8. The molecule has 3 N–H and O–H groups in total. The lowest BCUT2D eigenvalue weighted by Crippen LogP contribution is -2.41. The topological polar surface area (TPSA) is 114 Å². The Kier molecular flexibility index (Phi) is 7.45. The zero-order valence-electron chi connectivity index (χ0n) is 17.4. The molecule has 3 rings (SSSR count). The Morgan fingerprint density at radius 2 is 1.59 bits per heavy atom. The average molecular weight is 454 g/mol. The number of ether oxygens (including phenoxy) is 1. The van der Waals surface area contributed by atoms with Crippen LogP contribution >= 0.6 is 0 Å². The maximum absolute atomic E-state index is 12.7. The van der Waals surface area contributed by atoms with Gasteiger partial charge in [-0.1, -0.05) is 36.4 Å². The van der Waals surface area contributed by atoms with E-state index >= 15 is 0 Å². The molecule has 0 unspecified atom stereocenters. The second-order valence-electron chi connectivity index (χ2n) is 6.85. The third-order valence-corrected chi connectivity index (χ3v) is 5.93. The third-order valence-electron chi connectivity index (χ3n) is 4.55. The summed E-state index contributed by atoms with van der Waals surface area (Å²) in [5.74, 6) is -0.385. The van der Waals surface area contributed by atoms with Crippen molar-refractivity contribution >= 4 is 27.5 Å². The number of hydrogen-bond acceptors (Lipinski definition) is 5. The average Bonchev–Trinajstić information content (AvgIpc) is 2.82. The number of hydrogen-bond donors (Lipinski definition) is 3. The molecule has 0 atom stereocenters. The van der Waals surface area contributed by atoms with Crippen LogP contribution in [0.5, 0.6) is 5.75 Å². The summed E-state index contributed by atoms with van der Waals surface area (Å²) in [5, 5.41) is 0. The van der Waals surface area contributed by atoms with Crippen LogP contribution in [0, 0.1) is 0 Å². The molecule has 0 bridgehead atoms. The van der Waals surface area contributed by atoms with E-state index in [9.17, 15) is 18.0 Å². The van der Waals surface area contributed by atoms with Crippen LogP contribution in [0.3, 0.4) is 0 Å². The lowest BCUT2D eigenvalue weighted by Gasteiger charge is -2.11. The fourth-order valence-electron chi connectivity index (χ4n) is 2.84. The number of anilines is 1. The van der Waals surface area contributed by atoms with Crippen LogP contribution in [0.15, 0.2) is 83.8 Å². The van der Waals surface area contributed by atoms with Crippen molar-refractivity contribution in [3.63, 3.8) is 0 Å². The smallest absolute Gasteiger partial charge is 0.269 e. The molecule has 0 spiro atoms. The van der Waals surface area contributed by atoms with Gasteiger partial charge < -0.3 is 4.74 Å². The van der Waals surface area contributed by atoms with Crippen LogP contribution in [0.25, 0.3) is 0 Å². The molecule has 0 fully saturated rings. The van der Waals surface area contributed by atoms with Crippen molar-refractivity contribution in [1.82, 2.24) is 10.9 Å². The van der Waals surface area contributed by atoms with Crippen LogP contribution in [-0.4, -0.2) is 27.3 Å². The second kappa shape index (κ2) is 10.5. The van der Waals surface area contributed by atoms with E-state index < -0.39 is 15.9 Å². The molecule has 2 amide bonds. The summed E-state index contributed by atoms with van der Waals surface area (Å²) in [6.07, 6.45) is 0.734. The molecule has 0 heterocycles. The maximum Gasteiger partial charge on any atom is 0.269 e. The van der Waals surface area contributed by atoms with E-state index in [1.807, 2.05) is 30.3 Å². The molecule has 9 heteroatoms.